The normalized spacial score (nSPS) is 25.3. The zero-order chi connectivity index (χ0) is 16.3. The van der Waals surface area contributed by atoms with Crippen LogP contribution in [0.1, 0.15) is 36.8 Å². The monoisotopic (exact) mass is 323 g/mol. The summed E-state index contributed by atoms with van der Waals surface area (Å²) in [5.74, 6) is 6.07. The fourth-order valence-electron chi connectivity index (χ4n) is 3.36. The summed E-state index contributed by atoms with van der Waals surface area (Å²) in [4.78, 5) is 2.35. The number of hydrogen-bond donors (Lipinski definition) is 0. The van der Waals surface area contributed by atoms with E-state index in [1.54, 1.807) is 0 Å². The van der Waals surface area contributed by atoms with Crippen LogP contribution in [-0.2, 0) is 10.9 Å². The average Bonchev–Trinajstić information content (AvgIpc) is 2.55. The minimum Gasteiger partial charge on any atom is -0.375 e. The van der Waals surface area contributed by atoms with Gasteiger partial charge in [0.25, 0.3) is 0 Å². The van der Waals surface area contributed by atoms with Gasteiger partial charge in [-0.15, -0.1) is 0 Å². The predicted molar refractivity (Wildman–Crippen MR) is 81.9 cm³/mol. The van der Waals surface area contributed by atoms with Gasteiger partial charge in [-0.05, 0) is 37.1 Å². The number of nitrogens with zero attached hydrogens (tertiary/aromatic N) is 1. The quantitative estimate of drug-likeness (QED) is 0.731. The van der Waals surface area contributed by atoms with Crippen molar-refractivity contribution in [2.24, 2.45) is 0 Å². The summed E-state index contributed by atoms with van der Waals surface area (Å²) in [6.07, 6.45) is 0.750. The molecule has 0 spiro atoms. The van der Waals surface area contributed by atoms with Crippen molar-refractivity contribution in [1.29, 1.82) is 0 Å². The summed E-state index contributed by atoms with van der Waals surface area (Å²) in [6.45, 7) is 2.26. The van der Waals surface area contributed by atoms with Crippen molar-refractivity contribution in [2.45, 2.75) is 44.0 Å². The second-order valence-corrected chi connectivity index (χ2v) is 6.11. The van der Waals surface area contributed by atoms with Crippen molar-refractivity contribution in [1.82, 2.24) is 4.90 Å². The van der Waals surface area contributed by atoms with E-state index in [2.05, 4.69) is 16.7 Å². The Morgan fingerprint density at radius 1 is 1.13 bits per heavy atom. The molecule has 0 amide bonds. The first-order valence-electron chi connectivity index (χ1n) is 8.06. The van der Waals surface area contributed by atoms with Crippen molar-refractivity contribution in [2.75, 3.05) is 19.7 Å². The smallest absolute Gasteiger partial charge is 0.375 e. The maximum atomic E-state index is 12.5. The lowest BCUT2D eigenvalue weighted by Crippen LogP contribution is -2.52. The first-order chi connectivity index (χ1) is 11.0. The number of alkyl halides is 3. The Hall–Kier alpha value is -1.51. The highest BCUT2D eigenvalue weighted by molar-refractivity contribution is 5.37. The second-order valence-electron chi connectivity index (χ2n) is 6.11. The van der Waals surface area contributed by atoms with Gasteiger partial charge in [-0.3, -0.25) is 4.90 Å². The second kappa shape index (κ2) is 6.94. The molecule has 1 heterocycles. The van der Waals surface area contributed by atoms with Gasteiger partial charge in [0.2, 0.25) is 0 Å². The highest BCUT2D eigenvalue weighted by Crippen LogP contribution is 2.29. The molecule has 2 fully saturated rings. The fourth-order valence-corrected chi connectivity index (χ4v) is 3.36. The van der Waals surface area contributed by atoms with E-state index in [9.17, 15) is 13.2 Å². The Morgan fingerprint density at radius 2 is 1.87 bits per heavy atom. The van der Waals surface area contributed by atoms with Crippen LogP contribution in [0.5, 0.6) is 0 Å². The largest absolute Gasteiger partial charge is 0.416 e. The summed E-state index contributed by atoms with van der Waals surface area (Å²) in [5, 5.41) is 0. The standard InChI is InChI=1S/C18H20F3NO/c19-18(20,21)15-9-7-14(8-10-15)4-3-11-22-12-13-23-17-6-2-1-5-16(17)22/h7-10,16-17H,1-2,5-6,11-13H2/t16-,17+/m0/s1. The zero-order valence-electron chi connectivity index (χ0n) is 12.9. The van der Waals surface area contributed by atoms with Crippen LogP contribution in [-0.4, -0.2) is 36.7 Å². The van der Waals surface area contributed by atoms with E-state index in [0.717, 1.165) is 38.1 Å². The van der Waals surface area contributed by atoms with E-state index in [4.69, 9.17) is 4.74 Å². The average molecular weight is 323 g/mol. The summed E-state index contributed by atoms with van der Waals surface area (Å²) in [7, 11) is 0. The third kappa shape index (κ3) is 4.07. The third-order valence-corrected chi connectivity index (χ3v) is 4.57. The lowest BCUT2D eigenvalue weighted by Gasteiger charge is -2.43. The number of hydrogen-bond acceptors (Lipinski definition) is 2. The fraction of sp³-hybridized carbons (Fsp3) is 0.556. The number of ether oxygens (including phenoxy) is 1. The molecular formula is C18H20F3NO. The summed E-state index contributed by atoms with van der Waals surface area (Å²) < 4.78 is 43.4. The molecule has 2 nitrogen and oxygen atoms in total. The molecule has 1 saturated carbocycles. The maximum Gasteiger partial charge on any atom is 0.416 e. The van der Waals surface area contributed by atoms with Crippen molar-refractivity contribution in [3.8, 4) is 11.8 Å². The summed E-state index contributed by atoms with van der Waals surface area (Å²) in [5.41, 5.74) is -0.0206. The summed E-state index contributed by atoms with van der Waals surface area (Å²) >= 11 is 0. The molecule has 1 aromatic rings. The van der Waals surface area contributed by atoms with Gasteiger partial charge < -0.3 is 4.74 Å². The van der Waals surface area contributed by atoms with Crippen LogP contribution in [0.25, 0.3) is 0 Å². The number of benzene rings is 1. The number of rotatable bonds is 1. The molecule has 0 N–H and O–H groups in total. The van der Waals surface area contributed by atoms with Crippen LogP contribution < -0.4 is 0 Å². The van der Waals surface area contributed by atoms with Gasteiger partial charge in [0.05, 0.1) is 24.8 Å². The van der Waals surface area contributed by atoms with Crippen LogP contribution in [0, 0.1) is 11.8 Å². The molecular weight excluding hydrogens is 303 g/mol. The van der Waals surface area contributed by atoms with E-state index in [0.29, 0.717) is 24.3 Å². The lowest BCUT2D eigenvalue weighted by atomic mass is 9.90. The van der Waals surface area contributed by atoms with E-state index < -0.39 is 11.7 Å². The topological polar surface area (TPSA) is 12.5 Å². The molecule has 2 aliphatic rings. The Labute approximate surface area is 134 Å². The van der Waals surface area contributed by atoms with E-state index in [1.165, 1.54) is 25.0 Å². The Bertz CT molecular complexity index is 583. The van der Waals surface area contributed by atoms with Crippen LogP contribution in [0.2, 0.25) is 0 Å². The summed E-state index contributed by atoms with van der Waals surface area (Å²) in [6, 6.07) is 5.46. The molecule has 2 atom stereocenters. The van der Waals surface area contributed by atoms with Crippen LogP contribution in [0.3, 0.4) is 0 Å². The Kier molecular flexibility index (Phi) is 4.93. The van der Waals surface area contributed by atoms with Gasteiger partial charge >= 0.3 is 6.18 Å². The Morgan fingerprint density at radius 3 is 2.61 bits per heavy atom. The molecule has 1 saturated heterocycles. The molecule has 23 heavy (non-hydrogen) atoms. The molecule has 124 valence electrons. The number of morpholine rings is 1. The van der Waals surface area contributed by atoms with Gasteiger partial charge in [0, 0.05) is 18.2 Å². The zero-order valence-corrected chi connectivity index (χ0v) is 12.9. The van der Waals surface area contributed by atoms with E-state index in [1.807, 2.05) is 0 Å². The number of fused-ring (bicyclic) bond motifs is 1. The molecule has 3 rings (SSSR count). The third-order valence-electron chi connectivity index (χ3n) is 4.57. The van der Waals surface area contributed by atoms with Crippen LogP contribution in [0.4, 0.5) is 13.2 Å². The SMILES string of the molecule is FC(F)(F)c1ccc(C#CCN2CCO[C@@H]3CCCC[C@@H]32)cc1. The molecule has 0 bridgehead atoms. The van der Waals surface area contributed by atoms with E-state index >= 15 is 0 Å². The Balaban J connectivity index is 1.61. The number of halogens is 3. The molecule has 0 radical (unpaired) electrons. The van der Waals surface area contributed by atoms with Crippen LogP contribution in [0.15, 0.2) is 24.3 Å². The molecule has 1 aliphatic heterocycles. The first kappa shape index (κ1) is 16.4. The molecule has 1 aromatic carbocycles. The highest BCUT2D eigenvalue weighted by Gasteiger charge is 2.33. The van der Waals surface area contributed by atoms with Crippen molar-refractivity contribution < 1.29 is 17.9 Å². The lowest BCUT2D eigenvalue weighted by molar-refractivity contribution is -0.137. The molecule has 0 unspecified atom stereocenters. The van der Waals surface area contributed by atoms with E-state index in [-0.39, 0.29) is 0 Å². The molecule has 5 heteroatoms. The minimum absolute atomic E-state index is 0.324. The van der Waals surface area contributed by atoms with Gasteiger partial charge in [0.15, 0.2) is 0 Å². The van der Waals surface area contributed by atoms with Crippen molar-refractivity contribution >= 4 is 0 Å². The highest BCUT2D eigenvalue weighted by atomic mass is 19.4. The molecule has 0 aromatic heterocycles. The van der Waals surface area contributed by atoms with Crippen molar-refractivity contribution in [3.63, 3.8) is 0 Å². The van der Waals surface area contributed by atoms with Gasteiger partial charge in [0.1, 0.15) is 0 Å². The van der Waals surface area contributed by atoms with Gasteiger partial charge in [-0.1, -0.05) is 24.7 Å². The van der Waals surface area contributed by atoms with Gasteiger partial charge in [-0.2, -0.15) is 13.2 Å². The maximum absolute atomic E-state index is 12.5. The van der Waals surface area contributed by atoms with Crippen LogP contribution >= 0.6 is 0 Å². The van der Waals surface area contributed by atoms with Crippen molar-refractivity contribution in [3.05, 3.63) is 35.4 Å². The van der Waals surface area contributed by atoms with Gasteiger partial charge in [-0.25, -0.2) is 0 Å². The molecule has 1 aliphatic carbocycles. The first-order valence-corrected chi connectivity index (χ1v) is 8.06. The predicted octanol–water partition coefficient (Wildman–Crippen LogP) is 3.70. The minimum atomic E-state index is -4.30.